The molecular formula is C20H24N2O5. The van der Waals surface area contributed by atoms with E-state index in [0.717, 1.165) is 5.69 Å². The molecule has 0 bridgehead atoms. The number of para-hydroxylation sites is 1. The smallest absolute Gasteiger partial charge is 0.342 e. The third kappa shape index (κ3) is 4.91. The van der Waals surface area contributed by atoms with Crippen molar-refractivity contribution in [2.24, 2.45) is 0 Å². The van der Waals surface area contributed by atoms with E-state index in [0.29, 0.717) is 11.4 Å². The second kappa shape index (κ2) is 8.93. The molecule has 0 aliphatic carbocycles. The van der Waals surface area contributed by atoms with Crippen molar-refractivity contribution >= 4 is 23.3 Å². The molecule has 0 aliphatic rings. The minimum atomic E-state index is -0.984. The molecule has 0 radical (unpaired) electrons. The van der Waals surface area contributed by atoms with Crippen molar-refractivity contribution < 1.29 is 23.8 Å². The highest BCUT2D eigenvalue weighted by Crippen LogP contribution is 2.31. The van der Waals surface area contributed by atoms with Crippen molar-refractivity contribution in [1.82, 2.24) is 0 Å². The summed E-state index contributed by atoms with van der Waals surface area (Å²) in [4.78, 5) is 26.7. The molecule has 144 valence electrons. The number of nitrogens with one attached hydrogen (secondary N) is 1. The third-order valence-electron chi connectivity index (χ3n) is 3.93. The van der Waals surface area contributed by atoms with E-state index in [1.807, 2.05) is 31.1 Å². The normalized spacial score (nSPS) is 11.3. The molecule has 2 aromatic carbocycles. The van der Waals surface area contributed by atoms with Gasteiger partial charge in [-0.15, -0.1) is 0 Å². The molecule has 0 saturated heterocycles. The molecule has 0 fully saturated rings. The molecule has 7 heteroatoms. The lowest BCUT2D eigenvalue weighted by molar-refractivity contribution is -0.123. The Morgan fingerprint density at radius 1 is 1.00 bits per heavy atom. The molecule has 2 aromatic rings. The predicted molar refractivity (Wildman–Crippen MR) is 104 cm³/mol. The van der Waals surface area contributed by atoms with Crippen LogP contribution in [0.3, 0.4) is 0 Å². The number of carbonyl (C=O) groups excluding carboxylic acids is 2. The zero-order valence-electron chi connectivity index (χ0n) is 16.1. The average molecular weight is 372 g/mol. The van der Waals surface area contributed by atoms with Gasteiger partial charge in [-0.05, 0) is 43.3 Å². The molecule has 2 rings (SSSR count). The summed E-state index contributed by atoms with van der Waals surface area (Å²) in [5.74, 6) is -0.430. The van der Waals surface area contributed by atoms with Gasteiger partial charge in [-0.25, -0.2) is 4.79 Å². The second-order valence-corrected chi connectivity index (χ2v) is 6.02. The fourth-order valence-corrected chi connectivity index (χ4v) is 2.41. The number of hydrogen-bond donors (Lipinski definition) is 1. The Balaban J connectivity index is 2.04. The minimum Gasteiger partial charge on any atom is -0.493 e. The number of hydrogen-bond acceptors (Lipinski definition) is 6. The first-order valence-corrected chi connectivity index (χ1v) is 8.37. The van der Waals surface area contributed by atoms with E-state index in [1.165, 1.54) is 21.1 Å². The standard InChI is InChI=1S/C20H24N2O5/c1-13(19(23)21-14-9-11-15(12-10-14)22(2)3)27-20(24)16-7-6-8-17(25-4)18(16)26-5/h6-13H,1-5H3,(H,21,23). The van der Waals surface area contributed by atoms with Crippen LogP contribution in [0, 0.1) is 0 Å². The SMILES string of the molecule is COc1cccc(C(=O)OC(C)C(=O)Nc2ccc(N(C)C)cc2)c1OC. The Hall–Kier alpha value is -3.22. The van der Waals surface area contributed by atoms with Crippen LogP contribution in [0.2, 0.25) is 0 Å². The highest BCUT2D eigenvalue weighted by Gasteiger charge is 2.23. The fourth-order valence-electron chi connectivity index (χ4n) is 2.41. The van der Waals surface area contributed by atoms with Gasteiger partial charge in [0.1, 0.15) is 5.56 Å². The lowest BCUT2D eigenvalue weighted by Gasteiger charge is -2.16. The number of nitrogens with zero attached hydrogens (tertiary/aromatic N) is 1. The van der Waals surface area contributed by atoms with Gasteiger partial charge in [-0.1, -0.05) is 6.07 Å². The van der Waals surface area contributed by atoms with Gasteiger partial charge in [0.25, 0.3) is 5.91 Å². The highest BCUT2D eigenvalue weighted by atomic mass is 16.6. The molecule has 0 aromatic heterocycles. The Bertz CT molecular complexity index is 803. The van der Waals surface area contributed by atoms with Crippen LogP contribution in [0.1, 0.15) is 17.3 Å². The van der Waals surface area contributed by atoms with Crippen molar-refractivity contribution in [3.05, 3.63) is 48.0 Å². The molecule has 1 atom stereocenters. The molecule has 1 N–H and O–H groups in total. The van der Waals surface area contributed by atoms with Crippen LogP contribution in [0.15, 0.2) is 42.5 Å². The Morgan fingerprint density at radius 2 is 1.67 bits per heavy atom. The van der Waals surface area contributed by atoms with Gasteiger partial charge in [0.2, 0.25) is 0 Å². The van der Waals surface area contributed by atoms with E-state index >= 15 is 0 Å². The topological polar surface area (TPSA) is 77.1 Å². The molecule has 1 unspecified atom stereocenters. The molecule has 27 heavy (non-hydrogen) atoms. The molecule has 1 amide bonds. The zero-order chi connectivity index (χ0) is 20.0. The summed E-state index contributed by atoms with van der Waals surface area (Å²) in [6, 6.07) is 12.2. The summed E-state index contributed by atoms with van der Waals surface area (Å²) in [5, 5.41) is 2.73. The zero-order valence-corrected chi connectivity index (χ0v) is 16.1. The number of amides is 1. The number of benzene rings is 2. The quantitative estimate of drug-likeness (QED) is 0.753. The van der Waals surface area contributed by atoms with Crippen molar-refractivity contribution in [3.63, 3.8) is 0 Å². The molecule has 0 spiro atoms. The number of methoxy groups -OCH3 is 2. The third-order valence-corrected chi connectivity index (χ3v) is 3.93. The van der Waals surface area contributed by atoms with Gasteiger partial charge < -0.3 is 24.4 Å². The first-order chi connectivity index (χ1) is 12.9. The van der Waals surface area contributed by atoms with Crippen LogP contribution in [-0.4, -0.2) is 46.3 Å². The Labute approximate surface area is 158 Å². The van der Waals surface area contributed by atoms with Crippen molar-refractivity contribution in [2.45, 2.75) is 13.0 Å². The number of carbonyl (C=O) groups is 2. The Morgan fingerprint density at radius 3 is 2.22 bits per heavy atom. The molecule has 0 heterocycles. The second-order valence-electron chi connectivity index (χ2n) is 6.02. The van der Waals surface area contributed by atoms with Crippen molar-refractivity contribution in [3.8, 4) is 11.5 Å². The summed E-state index contributed by atoms with van der Waals surface area (Å²) >= 11 is 0. The van der Waals surface area contributed by atoms with E-state index in [1.54, 1.807) is 30.3 Å². The largest absolute Gasteiger partial charge is 0.493 e. The van der Waals surface area contributed by atoms with Gasteiger partial charge in [0, 0.05) is 25.5 Å². The van der Waals surface area contributed by atoms with Gasteiger partial charge in [0.15, 0.2) is 17.6 Å². The van der Waals surface area contributed by atoms with Gasteiger partial charge in [-0.3, -0.25) is 4.79 Å². The maximum atomic E-state index is 12.4. The maximum absolute atomic E-state index is 12.4. The van der Waals surface area contributed by atoms with Crippen LogP contribution in [0.25, 0.3) is 0 Å². The predicted octanol–water partition coefficient (Wildman–Crippen LogP) is 2.95. The number of rotatable bonds is 7. The van der Waals surface area contributed by atoms with Gasteiger partial charge in [0.05, 0.1) is 14.2 Å². The van der Waals surface area contributed by atoms with Gasteiger partial charge >= 0.3 is 5.97 Å². The lowest BCUT2D eigenvalue weighted by Crippen LogP contribution is -2.30. The first kappa shape index (κ1) is 20.1. The highest BCUT2D eigenvalue weighted by molar-refractivity contribution is 5.98. The number of esters is 1. The van der Waals surface area contributed by atoms with Crippen LogP contribution < -0.4 is 19.7 Å². The molecule has 0 aliphatic heterocycles. The summed E-state index contributed by atoms with van der Waals surface area (Å²) in [6.07, 6.45) is -0.984. The van der Waals surface area contributed by atoms with Gasteiger partial charge in [-0.2, -0.15) is 0 Å². The van der Waals surface area contributed by atoms with E-state index in [4.69, 9.17) is 14.2 Å². The maximum Gasteiger partial charge on any atom is 0.342 e. The fraction of sp³-hybridized carbons (Fsp3) is 0.300. The average Bonchev–Trinajstić information content (AvgIpc) is 2.67. The van der Waals surface area contributed by atoms with Crippen LogP contribution in [0.5, 0.6) is 11.5 Å². The molecule has 7 nitrogen and oxygen atoms in total. The van der Waals surface area contributed by atoms with Crippen LogP contribution in [0.4, 0.5) is 11.4 Å². The monoisotopic (exact) mass is 372 g/mol. The van der Waals surface area contributed by atoms with Crippen LogP contribution in [-0.2, 0) is 9.53 Å². The van der Waals surface area contributed by atoms with Crippen molar-refractivity contribution in [1.29, 1.82) is 0 Å². The summed E-state index contributed by atoms with van der Waals surface area (Å²) < 4.78 is 15.7. The van der Waals surface area contributed by atoms with E-state index in [-0.39, 0.29) is 11.3 Å². The number of ether oxygens (including phenoxy) is 3. The minimum absolute atomic E-state index is 0.187. The van der Waals surface area contributed by atoms with Crippen LogP contribution >= 0.6 is 0 Å². The van der Waals surface area contributed by atoms with Crippen molar-refractivity contribution in [2.75, 3.05) is 38.5 Å². The van der Waals surface area contributed by atoms with E-state index in [2.05, 4.69) is 5.32 Å². The molecule has 0 saturated carbocycles. The number of anilines is 2. The lowest BCUT2D eigenvalue weighted by atomic mass is 10.2. The summed E-state index contributed by atoms with van der Waals surface area (Å²) in [7, 11) is 6.77. The summed E-state index contributed by atoms with van der Waals surface area (Å²) in [5.41, 5.74) is 1.82. The summed E-state index contributed by atoms with van der Waals surface area (Å²) in [6.45, 7) is 1.51. The van der Waals surface area contributed by atoms with E-state index in [9.17, 15) is 9.59 Å². The first-order valence-electron chi connectivity index (χ1n) is 8.37. The van der Waals surface area contributed by atoms with E-state index < -0.39 is 18.0 Å². The Kier molecular flexibility index (Phi) is 6.65. The molecular weight excluding hydrogens is 348 g/mol.